The summed E-state index contributed by atoms with van der Waals surface area (Å²) in [7, 11) is 1.97. The first-order chi connectivity index (χ1) is 14.4. The third-order valence-corrected chi connectivity index (χ3v) is 4.98. The lowest BCUT2D eigenvalue weighted by Gasteiger charge is -2.29. The molecule has 30 heavy (non-hydrogen) atoms. The Morgan fingerprint density at radius 2 is 1.80 bits per heavy atom. The van der Waals surface area contributed by atoms with Crippen molar-refractivity contribution < 1.29 is 9.18 Å². The standard InChI is InChI=1S/C24H29FN4O/c1-18(2)29(22-9-5-4-6-10-22)24(30)17-28(3)15-7-8-21-16-23(27-26-21)19-11-13-20(25)14-12-19/h4-6,9-14,16,18H,7-8,15,17H2,1-3H3,(H,26,27). The Balaban J connectivity index is 1.49. The molecule has 0 unspecified atom stereocenters. The number of H-pyrrole nitrogens is 1. The summed E-state index contributed by atoms with van der Waals surface area (Å²) in [6.07, 6.45) is 1.74. The van der Waals surface area contributed by atoms with Gasteiger partial charge in [-0.25, -0.2) is 4.39 Å². The highest BCUT2D eigenvalue weighted by Gasteiger charge is 2.20. The number of likely N-dealkylation sites (N-methyl/N-ethyl adjacent to an activating group) is 1. The summed E-state index contributed by atoms with van der Waals surface area (Å²) in [5.41, 5.74) is 3.65. The van der Waals surface area contributed by atoms with Gasteiger partial charge < -0.3 is 4.90 Å². The van der Waals surface area contributed by atoms with E-state index in [1.807, 2.05) is 62.2 Å². The topological polar surface area (TPSA) is 52.2 Å². The van der Waals surface area contributed by atoms with Crippen LogP contribution in [0.1, 0.15) is 26.0 Å². The fourth-order valence-electron chi connectivity index (χ4n) is 3.50. The van der Waals surface area contributed by atoms with Crippen LogP contribution in [0, 0.1) is 5.82 Å². The molecule has 2 aromatic carbocycles. The second-order valence-corrected chi connectivity index (χ2v) is 7.82. The van der Waals surface area contributed by atoms with Gasteiger partial charge in [-0.3, -0.25) is 14.8 Å². The van der Waals surface area contributed by atoms with Gasteiger partial charge in [-0.15, -0.1) is 0 Å². The summed E-state index contributed by atoms with van der Waals surface area (Å²) >= 11 is 0. The first kappa shape index (κ1) is 21.7. The highest BCUT2D eigenvalue weighted by atomic mass is 19.1. The molecule has 0 fully saturated rings. The van der Waals surface area contributed by atoms with Crippen LogP contribution < -0.4 is 4.90 Å². The Morgan fingerprint density at radius 3 is 2.47 bits per heavy atom. The molecule has 3 rings (SSSR count). The van der Waals surface area contributed by atoms with Gasteiger partial charge in [0.1, 0.15) is 5.82 Å². The Labute approximate surface area is 177 Å². The maximum atomic E-state index is 13.1. The number of amides is 1. The van der Waals surface area contributed by atoms with Crippen molar-refractivity contribution in [3.8, 4) is 11.3 Å². The number of hydrogen-bond donors (Lipinski definition) is 1. The number of halogens is 1. The van der Waals surface area contributed by atoms with E-state index in [-0.39, 0.29) is 17.8 Å². The maximum absolute atomic E-state index is 13.1. The van der Waals surface area contributed by atoms with Gasteiger partial charge >= 0.3 is 0 Å². The second kappa shape index (κ2) is 10.2. The average molecular weight is 409 g/mol. The first-order valence-corrected chi connectivity index (χ1v) is 10.3. The SMILES string of the molecule is CC(C)N(C(=O)CN(C)CCCc1cc(-c2ccc(F)cc2)n[nH]1)c1ccccc1. The van der Waals surface area contributed by atoms with Gasteiger partial charge in [0.25, 0.3) is 0 Å². The van der Waals surface area contributed by atoms with E-state index in [0.717, 1.165) is 42.0 Å². The van der Waals surface area contributed by atoms with Gasteiger partial charge in [0.2, 0.25) is 5.91 Å². The van der Waals surface area contributed by atoms with E-state index in [4.69, 9.17) is 0 Å². The Morgan fingerprint density at radius 1 is 1.10 bits per heavy atom. The van der Waals surface area contributed by atoms with E-state index in [1.165, 1.54) is 12.1 Å². The predicted octanol–water partition coefficient (Wildman–Crippen LogP) is 4.52. The van der Waals surface area contributed by atoms with E-state index >= 15 is 0 Å². The van der Waals surface area contributed by atoms with Crippen LogP contribution in [0.5, 0.6) is 0 Å². The lowest BCUT2D eigenvalue weighted by molar-refractivity contribution is -0.119. The monoisotopic (exact) mass is 408 g/mol. The summed E-state index contributed by atoms with van der Waals surface area (Å²) < 4.78 is 13.1. The number of hydrogen-bond acceptors (Lipinski definition) is 3. The Kier molecular flexibility index (Phi) is 7.36. The minimum absolute atomic E-state index is 0.0961. The molecule has 1 heterocycles. The predicted molar refractivity (Wildman–Crippen MR) is 119 cm³/mol. The maximum Gasteiger partial charge on any atom is 0.241 e. The summed E-state index contributed by atoms with van der Waals surface area (Å²) in [4.78, 5) is 16.8. The highest BCUT2D eigenvalue weighted by molar-refractivity contribution is 5.95. The largest absolute Gasteiger partial charge is 0.309 e. The van der Waals surface area contributed by atoms with Crippen molar-refractivity contribution >= 4 is 11.6 Å². The number of rotatable bonds is 9. The Bertz CT molecular complexity index is 937. The lowest BCUT2D eigenvalue weighted by Crippen LogP contribution is -2.43. The van der Waals surface area contributed by atoms with Gasteiger partial charge in [0, 0.05) is 23.0 Å². The van der Waals surface area contributed by atoms with E-state index in [2.05, 4.69) is 15.1 Å². The van der Waals surface area contributed by atoms with Gasteiger partial charge in [0.15, 0.2) is 0 Å². The van der Waals surface area contributed by atoms with Crippen molar-refractivity contribution in [2.24, 2.45) is 0 Å². The molecule has 158 valence electrons. The number of anilines is 1. The van der Waals surface area contributed by atoms with Crippen LogP contribution >= 0.6 is 0 Å². The van der Waals surface area contributed by atoms with Gasteiger partial charge in [0.05, 0.1) is 12.2 Å². The van der Waals surface area contributed by atoms with Crippen molar-refractivity contribution in [2.75, 3.05) is 25.0 Å². The molecule has 0 radical (unpaired) electrons. The normalized spacial score (nSPS) is 11.3. The minimum atomic E-state index is -0.254. The lowest BCUT2D eigenvalue weighted by atomic mass is 10.1. The molecule has 1 N–H and O–H groups in total. The molecule has 0 aliphatic rings. The van der Waals surface area contributed by atoms with Crippen LogP contribution in [-0.4, -0.2) is 47.2 Å². The fraction of sp³-hybridized carbons (Fsp3) is 0.333. The molecule has 0 saturated heterocycles. The molecule has 1 aromatic heterocycles. The van der Waals surface area contributed by atoms with E-state index in [9.17, 15) is 9.18 Å². The molecule has 0 atom stereocenters. The third-order valence-electron chi connectivity index (χ3n) is 4.98. The molecule has 5 nitrogen and oxygen atoms in total. The van der Waals surface area contributed by atoms with E-state index in [0.29, 0.717) is 6.54 Å². The van der Waals surface area contributed by atoms with E-state index in [1.54, 1.807) is 12.1 Å². The fourth-order valence-corrected chi connectivity index (χ4v) is 3.50. The summed E-state index contributed by atoms with van der Waals surface area (Å²) in [6.45, 7) is 5.23. The van der Waals surface area contributed by atoms with Crippen molar-refractivity contribution in [2.45, 2.75) is 32.7 Å². The van der Waals surface area contributed by atoms with Crippen LogP contribution in [0.3, 0.4) is 0 Å². The number of nitrogens with zero attached hydrogens (tertiary/aromatic N) is 3. The summed E-state index contributed by atoms with van der Waals surface area (Å²) in [5, 5.41) is 7.37. The quantitative estimate of drug-likeness (QED) is 0.566. The molecular formula is C24H29FN4O. The molecular weight excluding hydrogens is 379 g/mol. The molecule has 0 saturated carbocycles. The second-order valence-electron chi connectivity index (χ2n) is 7.82. The smallest absolute Gasteiger partial charge is 0.241 e. The summed E-state index contributed by atoms with van der Waals surface area (Å²) in [6, 6.07) is 18.2. The third kappa shape index (κ3) is 5.76. The Hall–Kier alpha value is -2.99. The molecule has 3 aromatic rings. The zero-order valence-electron chi connectivity index (χ0n) is 17.8. The van der Waals surface area contributed by atoms with Crippen LogP contribution in [0.25, 0.3) is 11.3 Å². The van der Waals surface area contributed by atoms with Gasteiger partial charge in [-0.1, -0.05) is 18.2 Å². The molecule has 0 aliphatic heterocycles. The zero-order chi connectivity index (χ0) is 21.5. The zero-order valence-corrected chi connectivity index (χ0v) is 17.8. The van der Waals surface area contributed by atoms with Gasteiger partial charge in [-0.2, -0.15) is 5.10 Å². The van der Waals surface area contributed by atoms with Crippen LogP contribution in [0.2, 0.25) is 0 Å². The van der Waals surface area contributed by atoms with Crippen molar-refractivity contribution in [1.29, 1.82) is 0 Å². The molecule has 6 heteroatoms. The van der Waals surface area contributed by atoms with Crippen LogP contribution in [0.15, 0.2) is 60.7 Å². The van der Waals surface area contributed by atoms with Crippen molar-refractivity contribution in [3.63, 3.8) is 0 Å². The molecule has 0 bridgehead atoms. The number of nitrogens with one attached hydrogen (secondary N) is 1. The highest BCUT2D eigenvalue weighted by Crippen LogP contribution is 2.19. The number of aryl methyl sites for hydroxylation is 1. The minimum Gasteiger partial charge on any atom is -0.309 e. The van der Waals surface area contributed by atoms with Crippen molar-refractivity contribution in [1.82, 2.24) is 15.1 Å². The summed E-state index contributed by atoms with van der Waals surface area (Å²) in [5.74, 6) is -0.158. The molecule has 0 aliphatic carbocycles. The number of carbonyl (C=O) groups is 1. The van der Waals surface area contributed by atoms with Gasteiger partial charge in [-0.05, 0) is 82.7 Å². The number of aromatic amines is 1. The number of carbonyl (C=O) groups excluding carboxylic acids is 1. The van der Waals surface area contributed by atoms with Crippen molar-refractivity contribution in [3.05, 3.63) is 72.2 Å². The molecule has 1 amide bonds. The molecule has 0 spiro atoms. The number of para-hydroxylation sites is 1. The average Bonchev–Trinajstić information content (AvgIpc) is 3.18. The number of aromatic nitrogens is 2. The van der Waals surface area contributed by atoms with E-state index < -0.39 is 0 Å². The van der Waals surface area contributed by atoms with Crippen LogP contribution in [-0.2, 0) is 11.2 Å². The number of benzene rings is 2. The van der Waals surface area contributed by atoms with Crippen LogP contribution in [0.4, 0.5) is 10.1 Å². The first-order valence-electron chi connectivity index (χ1n) is 10.3.